The Labute approximate surface area is 168 Å². The highest BCUT2D eigenvalue weighted by molar-refractivity contribution is 6.21. The van der Waals surface area contributed by atoms with Crippen molar-refractivity contribution in [1.82, 2.24) is 0 Å². The van der Waals surface area contributed by atoms with Crippen molar-refractivity contribution >= 4 is 23.2 Å². The number of hydrogen-bond acceptors (Lipinski definition) is 6. The molecule has 0 radical (unpaired) electrons. The first-order valence-corrected chi connectivity index (χ1v) is 9.10. The number of phenols is 1. The minimum atomic E-state index is -0.409. The lowest BCUT2D eigenvalue weighted by atomic mass is 9.83. The van der Waals surface area contributed by atoms with Crippen molar-refractivity contribution in [2.45, 2.75) is 6.04 Å². The topological polar surface area (TPSA) is 77.5 Å². The van der Waals surface area contributed by atoms with Gasteiger partial charge < -0.3 is 29.0 Å². The van der Waals surface area contributed by atoms with Crippen LogP contribution in [0, 0.1) is 5.92 Å². The van der Waals surface area contributed by atoms with Gasteiger partial charge in [-0.3, -0.25) is 4.79 Å². The van der Waals surface area contributed by atoms with Crippen LogP contribution in [0.15, 0.2) is 30.3 Å². The van der Waals surface area contributed by atoms with Gasteiger partial charge in [-0.25, -0.2) is 0 Å². The van der Waals surface area contributed by atoms with Crippen molar-refractivity contribution < 1.29 is 28.8 Å². The molecule has 2 aromatic rings. The molecule has 1 aliphatic heterocycles. The zero-order valence-corrected chi connectivity index (χ0v) is 16.8. The molecule has 1 saturated heterocycles. The predicted octanol–water partition coefficient (Wildman–Crippen LogP) is 3.37. The smallest absolute Gasteiger partial charge is 0.234 e. The summed E-state index contributed by atoms with van der Waals surface area (Å²) < 4.78 is 21.2. The molecule has 1 N–H and O–H groups in total. The Morgan fingerprint density at radius 3 is 2.04 bits per heavy atom. The van der Waals surface area contributed by atoms with Crippen molar-refractivity contribution in [1.29, 1.82) is 0 Å². The van der Waals surface area contributed by atoms with Crippen LogP contribution in [0.1, 0.15) is 11.6 Å². The first-order chi connectivity index (χ1) is 13.5. The van der Waals surface area contributed by atoms with E-state index in [0.29, 0.717) is 28.7 Å². The fourth-order valence-electron chi connectivity index (χ4n) is 3.47. The number of alkyl halides is 1. The van der Waals surface area contributed by atoms with Crippen LogP contribution in [0.4, 0.5) is 5.69 Å². The first kappa shape index (κ1) is 19.9. The highest BCUT2D eigenvalue weighted by Gasteiger charge is 2.48. The number of methoxy groups -OCH3 is 4. The SMILES string of the molecule is COc1ccc([C@H]2[C@@H](CCl)C(=O)N2c2cc(OC)c(OC)c(OC)c2)cc1O. The summed E-state index contributed by atoms with van der Waals surface area (Å²) in [6, 6.07) is 8.12. The number of halogens is 1. The molecular weight excluding hydrogens is 386 g/mol. The van der Waals surface area contributed by atoms with Gasteiger partial charge in [0.1, 0.15) is 0 Å². The predicted molar refractivity (Wildman–Crippen MR) is 105 cm³/mol. The summed E-state index contributed by atoms with van der Waals surface area (Å²) in [7, 11) is 6.02. The van der Waals surface area contributed by atoms with Gasteiger partial charge in [0.25, 0.3) is 0 Å². The molecule has 1 fully saturated rings. The second-order valence-corrected chi connectivity index (χ2v) is 6.54. The van der Waals surface area contributed by atoms with Gasteiger partial charge >= 0.3 is 0 Å². The van der Waals surface area contributed by atoms with E-state index in [2.05, 4.69) is 0 Å². The van der Waals surface area contributed by atoms with Crippen LogP contribution >= 0.6 is 11.6 Å². The Balaban J connectivity index is 2.07. The normalized spacial score (nSPS) is 18.5. The maximum atomic E-state index is 12.8. The molecule has 3 rings (SSSR count). The number of carbonyl (C=O) groups is 1. The van der Waals surface area contributed by atoms with E-state index in [1.54, 1.807) is 35.2 Å². The van der Waals surface area contributed by atoms with Gasteiger partial charge in [0.2, 0.25) is 11.7 Å². The van der Waals surface area contributed by atoms with E-state index in [1.165, 1.54) is 28.4 Å². The van der Waals surface area contributed by atoms with E-state index in [-0.39, 0.29) is 23.6 Å². The number of aromatic hydroxyl groups is 1. The van der Waals surface area contributed by atoms with Crippen molar-refractivity contribution in [2.24, 2.45) is 5.92 Å². The van der Waals surface area contributed by atoms with Gasteiger partial charge in [0.05, 0.1) is 46.1 Å². The van der Waals surface area contributed by atoms with Crippen LogP contribution in [-0.2, 0) is 4.79 Å². The third-order valence-electron chi connectivity index (χ3n) is 4.85. The average molecular weight is 408 g/mol. The van der Waals surface area contributed by atoms with E-state index >= 15 is 0 Å². The minimum Gasteiger partial charge on any atom is -0.504 e. The number of hydrogen-bond donors (Lipinski definition) is 1. The Morgan fingerprint density at radius 1 is 0.964 bits per heavy atom. The minimum absolute atomic E-state index is 0.00230. The molecule has 0 spiro atoms. The second kappa shape index (κ2) is 8.06. The lowest BCUT2D eigenvalue weighted by Crippen LogP contribution is -2.56. The lowest BCUT2D eigenvalue weighted by Gasteiger charge is -2.47. The number of amides is 1. The molecule has 8 heteroatoms. The first-order valence-electron chi connectivity index (χ1n) is 8.56. The molecule has 1 heterocycles. The van der Waals surface area contributed by atoms with Gasteiger partial charge in [0.15, 0.2) is 23.0 Å². The summed E-state index contributed by atoms with van der Waals surface area (Å²) in [6.07, 6.45) is 0. The summed E-state index contributed by atoms with van der Waals surface area (Å²) in [5, 5.41) is 10.2. The Morgan fingerprint density at radius 2 is 1.57 bits per heavy atom. The zero-order valence-electron chi connectivity index (χ0n) is 16.1. The maximum absolute atomic E-state index is 12.8. The second-order valence-electron chi connectivity index (χ2n) is 6.23. The molecule has 0 aromatic heterocycles. The van der Waals surface area contributed by atoms with Crippen LogP contribution in [0.25, 0.3) is 0 Å². The van der Waals surface area contributed by atoms with Gasteiger partial charge in [-0.05, 0) is 17.7 Å². The van der Waals surface area contributed by atoms with E-state index in [1.807, 2.05) is 0 Å². The van der Waals surface area contributed by atoms with Crippen LogP contribution in [0.2, 0.25) is 0 Å². The lowest BCUT2D eigenvalue weighted by molar-refractivity contribution is -0.129. The monoisotopic (exact) mass is 407 g/mol. The molecule has 0 unspecified atom stereocenters. The fraction of sp³-hybridized carbons (Fsp3) is 0.350. The molecule has 28 heavy (non-hydrogen) atoms. The van der Waals surface area contributed by atoms with E-state index in [4.69, 9.17) is 30.5 Å². The number of anilines is 1. The van der Waals surface area contributed by atoms with Crippen molar-refractivity contribution in [2.75, 3.05) is 39.2 Å². The number of nitrogens with zero attached hydrogens (tertiary/aromatic N) is 1. The Kier molecular flexibility index (Phi) is 5.74. The number of ether oxygens (including phenoxy) is 4. The summed E-state index contributed by atoms with van der Waals surface area (Å²) >= 11 is 6.05. The molecule has 2 aromatic carbocycles. The van der Waals surface area contributed by atoms with Crippen LogP contribution in [0.5, 0.6) is 28.7 Å². The third kappa shape index (κ3) is 3.16. The third-order valence-corrected chi connectivity index (χ3v) is 5.18. The van der Waals surface area contributed by atoms with Gasteiger partial charge in [0, 0.05) is 18.0 Å². The number of phenolic OH excluding ortho intramolecular Hbond substituents is 1. The molecule has 0 saturated carbocycles. The number of carbonyl (C=O) groups excluding carboxylic acids is 1. The molecule has 2 atom stereocenters. The number of rotatable bonds is 7. The fourth-order valence-corrected chi connectivity index (χ4v) is 3.77. The van der Waals surface area contributed by atoms with Crippen LogP contribution < -0.4 is 23.8 Å². The van der Waals surface area contributed by atoms with E-state index in [0.717, 1.165) is 5.56 Å². The molecule has 7 nitrogen and oxygen atoms in total. The quantitative estimate of drug-likeness (QED) is 0.560. The number of benzene rings is 2. The maximum Gasteiger partial charge on any atom is 0.234 e. The summed E-state index contributed by atoms with van der Waals surface area (Å²) in [6.45, 7) is 0. The molecular formula is C20H22ClNO6. The average Bonchev–Trinajstić information content (AvgIpc) is 2.71. The standard InChI is InChI=1S/C20H22ClNO6/c1-25-15-6-5-11(7-14(15)23)18-13(10-21)20(24)22(18)12-8-16(26-2)19(28-4)17(9-12)27-3/h5-9,13,18,23H,10H2,1-4H3/t13-,18+/m1/s1. The van der Waals surface area contributed by atoms with Gasteiger partial charge in [-0.15, -0.1) is 11.6 Å². The summed E-state index contributed by atoms with van der Waals surface area (Å²) in [5.41, 5.74) is 1.33. The van der Waals surface area contributed by atoms with Gasteiger partial charge in [-0.2, -0.15) is 0 Å². The largest absolute Gasteiger partial charge is 0.504 e. The summed E-state index contributed by atoms with van der Waals surface area (Å²) in [5.74, 6) is 1.31. The van der Waals surface area contributed by atoms with Gasteiger partial charge in [-0.1, -0.05) is 6.07 Å². The molecule has 1 aliphatic rings. The van der Waals surface area contributed by atoms with E-state index < -0.39 is 5.92 Å². The van der Waals surface area contributed by atoms with E-state index in [9.17, 15) is 9.90 Å². The van der Waals surface area contributed by atoms with Crippen LogP contribution in [-0.4, -0.2) is 45.3 Å². The molecule has 1 amide bonds. The zero-order chi connectivity index (χ0) is 20.4. The highest BCUT2D eigenvalue weighted by Crippen LogP contribution is 2.49. The molecule has 0 bridgehead atoms. The number of β-lactam (4-membered cyclic amide) rings is 1. The van der Waals surface area contributed by atoms with Crippen molar-refractivity contribution in [3.8, 4) is 28.7 Å². The Bertz CT molecular complexity index is 862. The highest BCUT2D eigenvalue weighted by atomic mass is 35.5. The molecule has 0 aliphatic carbocycles. The molecule has 150 valence electrons. The summed E-state index contributed by atoms with van der Waals surface area (Å²) in [4.78, 5) is 14.4. The van der Waals surface area contributed by atoms with Crippen molar-refractivity contribution in [3.05, 3.63) is 35.9 Å². The Hall–Kier alpha value is -2.80. The van der Waals surface area contributed by atoms with Crippen LogP contribution in [0.3, 0.4) is 0 Å². The van der Waals surface area contributed by atoms with Crippen molar-refractivity contribution in [3.63, 3.8) is 0 Å².